The summed E-state index contributed by atoms with van der Waals surface area (Å²) in [7, 11) is 0. The normalized spacial score (nSPS) is 11.1. The van der Waals surface area contributed by atoms with Crippen LogP contribution in [0, 0.1) is 0 Å². The molecule has 0 amide bonds. The molecule has 7 nitrogen and oxygen atoms in total. The molecule has 0 fully saturated rings. The van der Waals surface area contributed by atoms with Crippen LogP contribution < -0.4 is 11.3 Å². The van der Waals surface area contributed by atoms with Gasteiger partial charge in [-0.3, -0.25) is 9.78 Å². The third-order valence-corrected chi connectivity index (χ3v) is 4.09. The Balaban J connectivity index is 1.97. The van der Waals surface area contributed by atoms with Gasteiger partial charge in [0.1, 0.15) is 0 Å². The smallest absolute Gasteiger partial charge is 0.279 e. The van der Waals surface area contributed by atoms with E-state index in [0.29, 0.717) is 22.3 Å². The first-order chi connectivity index (χ1) is 10.7. The molecule has 3 N–H and O–H groups in total. The fraction of sp³-hybridized carbons (Fsp3) is 0. The number of fused-ring (bicyclic) bond motifs is 1. The van der Waals surface area contributed by atoms with Crippen LogP contribution in [-0.2, 0) is 0 Å². The maximum atomic E-state index is 12.2. The Morgan fingerprint density at radius 3 is 2.64 bits per heavy atom. The number of aromatic amines is 1. The van der Waals surface area contributed by atoms with Crippen molar-refractivity contribution in [1.29, 1.82) is 0 Å². The molecule has 4 rings (SSSR count). The summed E-state index contributed by atoms with van der Waals surface area (Å²) in [5.74, 6) is 0.844. The number of hydrogen-bond donors (Lipinski definition) is 2. The van der Waals surface area contributed by atoms with Gasteiger partial charge in [0.2, 0.25) is 0 Å². The summed E-state index contributed by atoms with van der Waals surface area (Å²) >= 11 is 1.39. The molecule has 0 atom stereocenters. The molecular weight excluding hydrogens is 300 g/mol. The maximum Gasteiger partial charge on any atom is 0.279 e. The van der Waals surface area contributed by atoms with Gasteiger partial charge >= 0.3 is 0 Å². The highest BCUT2D eigenvalue weighted by Gasteiger charge is 2.15. The number of nitrogen functional groups attached to an aromatic ring is 1. The zero-order valence-electron chi connectivity index (χ0n) is 11.2. The third-order valence-electron chi connectivity index (χ3n) is 3.18. The van der Waals surface area contributed by atoms with Crippen molar-refractivity contribution < 1.29 is 0 Å². The van der Waals surface area contributed by atoms with Crippen LogP contribution in [0.4, 0.5) is 5.00 Å². The lowest BCUT2D eigenvalue weighted by Crippen LogP contribution is -2.15. The van der Waals surface area contributed by atoms with Gasteiger partial charge in [-0.05, 0) is 12.1 Å². The first-order valence-electron chi connectivity index (χ1n) is 6.49. The van der Waals surface area contributed by atoms with Gasteiger partial charge in [-0.1, -0.05) is 30.3 Å². The Morgan fingerprint density at radius 1 is 1.09 bits per heavy atom. The minimum atomic E-state index is -0.302. The Hall–Kier alpha value is -3.00. The molecule has 0 saturated heterocycles. The number of aromatic nitrogens is 5. The van der Waals surface area contributed by atoms with Crippen LogP contribution in [0.3, 0.4) is 0 Å². The van der Waals surface area contributed by atoms with Crippen molar-refractivity contribution in [2.45, 2.75) is 0 Å². The summed E-state index contributed by atoms with van der Waals surface area (Å²) in [6.07, 6.45) is 0. The van der Waals surface area contributed by atoms with Crippen molar-refractivity contribution in [2.24, 2.45) is 0 Å². The van der Waals surface area contributed by atoms with Gasteiger partial charge in [-0.25, -0.2) is 0 Å². The van der Waals surface area contributed by atoms with E-state index in [4.69, 9.17) is 5.73 Å². The lowest BCUT2D eigenvalue weighted by molar-refractivity contribution is 0.900. The Kier molecular flexibility index (Phi) is 2.76. The summed E-state index contributed by atoms with van der Waals surface area (Å²) in [6, 6.07) is 12.9. The van der Waals surface area contributed by atoms with E-state index in [1.54, 1.807) is 6.07 Å². The van der Waals surface area contributed by atoms with E-state index < -0.39 is 0 Å². The fourth-order valence-electron chi connectivity index (χ4n) is 2.17. The topological polar surface area (TPSA) is 102 Å². The molecule has 0 spiro atoms. The van der Waals surface area contributed by atoms with Gasteiger partial charge in [-0.2, -0.15) is 9.61 Å². The summed E-state index contributed by atoms with van der Waals surface area (Å²) < 4.78 is 1.52. The molecule has 3 heterocycles. The largest absolute Gasteiger partial charge is 0.391 e. The fourth-order valence-corrected chi connectivity index (χ4v) is 2.91. The van der Waals surface area contributed by atoms with Crippen molar-refractivity contribution in [3.63, 3.8) is 0 Å². The second-order valence-corrected chi connectivity index (χ2v) is 5.75. The number of nitrogens with zero attached hydrogens (tertiary/aromatic N) is 4. The molecule has 0 saturated carbocycles. The van der Waals surface area contributed by atoms with Crippen LogP contribution in [0.1, 0.15) is 0 Å². The van der Waals surface area contributed by atoms with Crippen molar-refractivity contribution in [1.82, 2.24) is 24.8 Å². The van der Waals surface area contributed by atoms with Crippen LogP contribution in [0.5, 0.6) is 0 Å². The molecule has 108 valence electrons. The van der Waals surface area contributed by atoms with E-state index in [9.17, 15) is 4.79 Å². The van der Waals surface area contributed by atoms with Crippen molar-refractivity contribution in [2.75, 3.05) is 5.73 Å². The first kappa shape index (κ1) is 12.7. The molecule has 3 aromatic heterocycles. The highest BCUT2D eigenvalue weighted by molar-refractivity contribution is 7.19. The van der Waals surface area contributed by atoms with Crippen LogP contribution in [0.25, 0.3) is 27.7 Å². The standard InChI is InChI=1S/C14H10N6OS/c15-10-7-6-9(22-10)12-17-18-14-16-13(21)11(19-20(12)14)8-4-2-1-3-5-8/h1-7H,15H2,(H,16,18,21). The van der Waals surface area contributed by atoms with Gasteiger partial charge in [0.25, 0.3) is 11.3 Å². The van der Waals surface area contributed by atoms with Crippen LogP contribution in [0.2, 0.25) is 0 Å². The minimum absolute atomic E-state index is 0.298. The molecule has 22 heavy (non-hydrogen) atoms. The predicted octanol–water partition coefficient (Wildman–Crippen LogP) is 1.79. The Labute approximate surface area is 128 Å². The lowest BCUT2D eigenvalue weighted by atomic mass is 10.2. The first-order valence-corrected chi connectivity index (χ1v) is 7.31. The van der Waals surface area contributed by atoms with E-state index in [1.807, 2.05) is 36.4 Å². The molecule has 0 radical (unpaired) electrons. The molecule has 0 bridgehead atoms. The minimum Gasteiger partial charge on any atom is -0.391 e. The third kappa shape index (κ3) is 1.97. The quantitative estimate of drug-likeness (QED) is 0.587. The summed E-state index contributed by atoms with van der Waals surface area (Å²) in [5.41, 5.74) is 6.50. The number of thiophene rings is 1. The average molecular weight is 310 g/mol. The second-order valence-electron chi connectivity index (χ2n) is 4.63. The summed E-state index contributed by atoms with van der Waals surface area (Å²) in [6.45, 7) is 0. The Bertz CT molecular complexity index is 1020. The summed E-state index contributed by atoms with van der Waals surface area (Å²) in [5, 5.41) is 13.1. The summed E-state index contributed by atoms with van der Waals surface area (Å²) in [4.78, 5) is 15.7. The number of anilines is 1. The molecule has 0 aliphatic heterocycles. The van der Waals surface area contributed by atoms with Crippen LogP contribution >= 0.6 is 11.3 Å². The van der Waals surface area contributed by atoms with Gasteiger partial charge in [0, 0.05) is 5.56 Å². The number of rotatable bonds is 2. The second kappa shape index (κ2) is 4.78. The van der Waals surface area contributed by atoms with Gasteiger partial charge in [-0.15, -0.1) is 21.5 Å². The molecule has 1 aromatic carbocycles. The number of nitrogens with one attached hydrogen (secondary N) is 1. The molecule has 0 aliphatic carbocycles. The number of nitrogens with two attached hydrogens (primary N) is 1. The van der Waals surface area contributed by atoms with E-state index in [-0.39, 0.29) is 5.56 Å². The maximum absolute atomic E-state index is 12.2. The van der Waals surface area contributed by atoms with E-state index in [0.717, 1.165) is 10.4 Å². The SMILES string of the molecule is Nc1ccc(-c2nnc3[nH]c(=O)c(-c4ccccc4)nn23)s1. The Morgan fingerprint density at radius 2 is 1.91 bits per heavy atom. The average Bonchev–Trinajstić information content (AvgIpc) is 3.13. The molecular formula is C14H10N6OS. The van der Waals surface area contributed by atoms with E-state index in [2.05, 4.69) is 20.3 Å². The van der Waals surface area contributed by atoms with Crippen LogP contribution in [0.15, 0.2) is 47.3 Å². The highest BCUT2D eigenvalue weighted by Crippen LogP contribution is 2.27. The molecule has 0 unspecified atom stereocenters. The van der Waals surface area contributed by atoms with E-state index >= 15 is 0 Å². The molecule has 4 aromatic rings. The van der Waals surface area contributed by atoms with Crippen molar-refractivity contribution >= 4 is 22.1 Å². The van der Waals surface area contributed by atoms with E-state index in [1.165, 1.54) is 15.9 Å². The predicted molar refractivity (Wildman–Crippen MR) is 84.6 cm³/mol. The van der Waals surface area contributed by atoms with Gasteiger partial charge in [0.05, 0.1) is 9.88 Å². The van der Waals surface area contributed by atoms with Crippen LogP contribution in [-0.4, -0.2) is 24.8 Å². The zero-order chi connectivity index (χ0) is 15.1. The zero-order valence-corrected chi connectivity index (χ0v) is 12.0. The number of H-pyrrole nitrogens is 1. The van der Waals surface area contributed by atoms with Gasteiger partial charge < -0.3 is 5.73 Å². The molecule has 8 heteroatoms. The highest BCUT2D eigenvalue weighted by atomic mass is 32.1. The lowest BCUT2D eigenvalue weighted by Gasteiger charge is -2.01. The number of hydrogen-bond acceptors (Lipinski definition) is 6. The van der Waals surface area contributed by atoms with Gasteiger partial charge in [0.15, 0.2) is 11.5 Å². The van der Waals surface area contributed by atoms with Crippen molar-refractivity contribution in [3.05, 3.63) is 52.8 Å². The van der Waals surface area contributed by atoms with Crippen molar-refractivity contribution in [3.8, 4) is 22.0 Å². The molecule has 0 aliphatic rings. The monoisotopic (exact) mass is 310 g/mol. The number of benzene rings is 1.